The van der Waals surface area contributed by atoms with Crippen LogP contribution < -0.4 is 20.2 Å². The number of methoxy groups -OCH3 is 2. The smallest absolute Gasteiger partial charge is 0.252 e. The third kappa shape index (κ3) is 6.76. The van der Waals surface area contributed by atoms with Gasteiger partial charge in [-0.05, 0) is 52.2 Å². The van der Waals surface area contributed by atoms with Crippen molar-refractivity contribution in [3.05, 3.63) is 57.0 Å². The van der Waals surface area contributed by atoms with Gasteiger partial charge in [0.25, 0.3) is 5.91 Å². The largest absolute Gasteiger partial charge is 0.493 e. The molecule has 0 aliphatic rings. The Morgan fingerprint density at radius 2 is 1.97 bits per heavy atom. The normalized spacial score (nSPS) is 10.6. The van der Waals surface area contributed by atoms with Crippen molar-refractivity contribution in [1.82, 2.24) is 10.7 Å². The molecule has 2 amide bonds. The van der Waals surface area contributed by atoms with Crippen LogP contribution in [0.2, 0.25) is 5.02 Å². The third-order valence-electron chi connectivity index (χ3n) is 3.84. The van der Waals surface area contributed by atoms with Crippen LogP contribution in [0, 0.1) is 0 Å². The molecule has 0 fully saturated rings. The molecule has 2 rings (SSSR count). The van der Waals surface area contributed by atoms with Gasteiger partial charge < -0.3 is 14.8 Å². The van der Waals surface area contributed by atoms with Crippen LogP contribution in [0.1, 0.15) is 28.8 Å². The van der Waals surface area contributed by atoms with Crippen molar-refractivity contribution in [2.75, 3.05) is 20.8 Å². The zero-order chi connectivity index (χ0) is 21.2. The number of nitrogens with one attached hydrogen (secondary N) is 2. The van der Waals surface area contributed by atoms with E-state index in [0.29, 0.717) is 39.5 Å². The lowest BCUT2D eigenvalue weighted by atomic mass is 10.2. The lowest BCUT2D eigenvalue weighted by Gasteiger charge is -2.10. The monoisotopic (exact) mass is 481 g/mol. The fourth-order valence-corrected chi connectivity index (χ4v) is 3.28. The number of halogens is 2. The number of hydrogen-bond donors (Lipinski definition) is 2. The first kappa shape index (κ1) is 22.7. The summed E-state index contributed by atoms with van der Waals surface area (Å²) in [5, 5.41) is 7.06. The average molecular weight is 483 g/mol. The van der Waals surface area contributed by atoms with E-state index in [4.69, 9.17) is 21.1 Å². The van der Waals surface area contributed by atoms with E-state index in [1.165, 1.54) is 13.3 Å². The number of rotatable bonds is 9. The summed E-state index contributed by atoms with van der Waals surface area (Å²) in [5.74, 6) is 0.595. The number of carbonyl (C=O) groups is 2. The van der Waals surface area contributed by atoms with Gasteiger partial charge in [0.05, 0.1) is 35.5 Å². The lowest BCUT2D eigenvalue weighted by molar-refractivity contribution is -0.121. The second-order valence-corrected chi connectivity index (χ2v) is 7.13. The molecule has 0 aromatic heterocycles. The molecular weight excluding hydrogens is 462 g/mol. The maximum absolute atomic E-state index is 12.0. The first-order valence-corrected chi connectivity index (χ1v) is 9.89. The quantitative estimate of drug-likeness (QED) is 0.323. The van der Waals surface area contributed by atoms with Crippen molar-refractivity contribution < 1.29 is 19.1 Å². The molecule has 0 aliphatic heterocycles. The Morgan fingerprint density at radius 1 is 1.21 bits per heavy atom. The van der Waals surface area contributed by atoms with E-state index in [2.05, 4.69) is 31.8 Å². The van der Waals surface area contributed by atoms with Gasteiger partial charge in [-0.2, -0.15) is 5.10 Å². The van der Waals surface area contributed by atoms with Gasteiger partial charge in [-0.15, -0.1) is 0 Å². The Labute approximate surface area is 182 Å². The molecule has 0 radical (unpaired) electrons. The van der Waals surface area contributed by atoms with Crippen LogP contribution in [0.3, 0.4) is 0 Å². The Balaban J connectivity index is 1.77. The Morgan fingerprint density at radius 3 is 2.66 bits per heavy atom. The Kier molecular flexibility index (Phi) is 8.95. The van der Waals surface area contributed by atoms with Gasteiger partial charge in [0, 0.05) is 13.0 Å². The van der Waals surface area contributed by atoms with Gasteiger partial charge in [0.1, 0.15) is 0 Å². The molecular formula is C20H21BrClN3O4. The Hall–Kier alpha value is -2.58. The molecule has 0 heterocycles. The maximum atomic E-state index is 12.0. The second-order valence-electron chi connectivity index (χ2n) is 5.87. The molecule has 0 bridgehead atoms. The van der Waals surface area contributed by atoms with E-state index in [1.54, 1.807) is 43.5 Å². The number of hydrogen-bond acceptors (Lipinski definition) is 5. The third-order valence-corrected chi connectivity index (χ3v) is 4.76. The number of ether oxygens (including phenoxy) is 2. The van der Waals surface area contributed by atoms with Crippen LogP contribution in [0.4, 0.5) is 0 Å². The standard InChI is InChI=1S/C20H21BrClN3O4/c1-28-17-11-13(10-15(21)19(17)29-2)12-24-25-18(26)8-5-9-23-20(27)14-6-3-4-7-16(14)22/h3-4,6-7,10-12H,5,8-9H2,1-2H3,(H,23,27)(H,25,26). The average Bonchev–Trinajstić information content (AvgIpc) is 2.71. The number of carbonyl (C=O) groups excluding carboxylic acids is 2. The van der Waals surface area contributed by atoms with Gasteiger partial charge >= 0.3 is 0 Å². The van der Waals surface area contributed by atoms with Gasteiger partial charge in [-0.3, -0.25) is 9.59 Å². The SMILES string of the molecule is COc1cc(C=NNC(=O)CCCNC(=O)c2ccccc2Cl)cc(Br)c1OC. The lowest BCUT2D eigenvalue weighted by Crippen LogP contribution is -2.26. The van der Waals surface area contributed by atoms with Crippen LogP contribution in [-0.4, -0.2) is 38.8 Å². The number of amides is 2. The van der Waals surface area contributed by atoms with Crippen LogP contribution in [0.25, 0.3) is 0 Å². The van der Waals surface area contributed by atoms with Crippen molar-refractivity contribution in [2.45, 2.75) is 12.8 Å². The maximum Gasteiger partial charge on any atom is 0.252 e. The minimum Gasteiger partial charge on any atom is -0.493 e. The molecule has 0 unspecified atom stereocenters. The minimum atomic E-state index is -0.270. The van der Waals surface area contributed by atoms with E-state index < -0.39 is 0 Å². The first-order chi connectivity index (χ1) is 14.0. The molecule has 29 heavy (non-hydrogen) atoms. The minimum absolute atomic E-state index is 0.218. The van der Waals surface area contributed by atoms with E-state index >= 15 is 0 Å². The molecule has 2 aromatic rings. The molecule has 0 saturated heterocycles. The summed E-state index contributed by atoms with van der Waals surface area (Å²) < 4.78 is 11.2. The molecule has 2 N–H and O–H groups in total. The summed E-state index contributed by atoms with van der Waals surface area (Å²) >= 11 is 9.38. The van der Waals surface area contributed by atoms with E-state index in [9.17, 15) is 9.59 Å². The van der Waals surface area contributed by atoms with Crippen LogP contribution in [0.5, 0.6) is 11.5 Å². The zero-order valence-corrected chi connectivity index (χ0v) is 18.3. The van der Waals surface area contributed by atoms with Gasteiger partial charge in [0.2, 0.25) is 5.91 Å². The van der Waals surface area contributed by atoms with Crippen molar-refractivity contribution in [1.29, 1.82) is 0 Å². The van der Waals surface area contributed by atoms with Crippen LogP contribution >= 0.6 is 27.5 Å². The van der Waals surface area contributed by atoms with Gasteiger partial charge in [-0.25, -0.2) is 5.43 Å². The summed E-state index contributed by atoms with van der Waals surface area (Å²) in [6.07, 6.45) is 2.19. The molecule has 9 heteroatoms. The van der Waals surface area contributed by atoms with Crippen molar-refractivity contribution in [3.63, 3.8) is 0 Å². The van der Waals surface area contributed by atoms with Gasteiger partial charge in [-0.1, -0.05) is 23.7 Å². The summed E-state index contributed by atoms with van der Waals surface area (Å²) in [6.45, 7) is 0.351. The first-order valence-electron chi connectivity index (χ1n) is 8.72. The van der Waals surface area contributed by atoms with Crippen LogP contribution in [-0.2, 0) is 4.79 Å². The van der Waals surface area contributed by atoms with Crippen molar-refractivity contribution >= 4 is 45.6 Å². The summed E-state index contributed by atoms with van der Waals surface area (Å²) in [5.41, 5.74) is 3.59. The summed E-state index contributed by atoms with van der Waals surface area (Å²) in [4.78, 5) is 23.9. The number of benzene rings is 2. The predicted octanol–water partition coefficient (Wildman–Crippen LogP) is 3.78. The molecule has 2 aromatic carbocycles. The predicted molar refractivity (Wildman–Crippen MR) is 116 cm³/mol. The molecule has 0 saturated carbocycles. The van der Waals surface area contributed by atoms with Gasteiger partial charge in [0.15, 0.2) is 11.5 Å². The molecule has 7 nitrogen and oxygen atoms in total. The zero-order valence-electron chi connectivity index (χ0n) is 16.0. The Bertz CT molecular complexity index is 905. The molecule has 154 valence electrons. The highest BCUT2D eigenvalue weighted by molar-refractivity contribution is 9.10. The van der Waals surface area contributed by atoms with E-state index in [-0.39, 0.29) is 18.2 Å². The van der Waals surface area contributed by atoms with Crippen LogP contribution in [0.15, 0.2) is 46.0 Å². The molecule has 0 aliphatic carbocycles. The number of nitrogens with zero attached hydrogens (tertiary/aromatic N) is 1. The number of hydrazone groups is 1. The topological polar surface area (TPSA) is 89.0 Å². The fraction of sp³-hybridized carbons (Fsp3) is 0.250. The van der Waals surface area contributed by atoms with E-state index in [0.717, 1.165) is 5.56 Å². The fourth-order valence-electron chi connectivity index (χ4n) is 2.44. The summed E-state index contributed by atoms with van der Waals surface area (Å²) in [6, 6.07) is 10.3. The highest BCUT2D eigenvalue weighted by atomic mass is 79.9. The summed E-state index contributed by atoms with van der Waals surface area (Å²) in [7, 11) is 3.09. The molecule has 0 spiro atoms. The van der Waals surface area contributed by atoms with Crippen molar-refractivity contribution in [3.8, 4) is 11.5 Å². The highest BCUT2D eigenvalue weighted by Crippen LogP contribution is 2.35. The van der Waals surface area contributed by atoms with Crippen molar-refractivity contribution in [2.24, 2.45) is 5.10 Å². The second kappa shape index (κ2) is 11.4. The molecule has 0 atom stereocenters. The highest BCUT2D eigenvalue weighted by Gasteiger charge is 2.10. The van der Waals surface area contributed by atoms with E-state index in [1.807, 2.05) is 0 Å².